The van der Waals surface area contributed by atoms with E-state index in [1.807, 2.05) is 13.8 Å². The maximum atomic E-state index is 14.5. The Morgan fingerprint density at radius 2 is 1.81 bits per heavy atom. The maximum absolute atomic E-state index is 14.5. The van der Waals surface area contributed by atoms with E-state index in [4.69, 9.17) is 44.0 Å². The second-order valence-corrected chi connectivity index (χ2v) is 7.95. The summed E-state index contributed by atoms with van der Waals surface area (Å²) in [6, 6.07) is 14.4. The molecule has 0 radical (unpaired) electrons. The van der Waals surface area contributed by atoms with E-state index in [0.29, 0.717) is 21.5 Å². The van der Waals surface area contributed by atoms with Crippen molar-refractivity contribution >= 4 is 51.6 Å². The summed E-state index contributed by atoms with van der Waals surface area (Å²) in [5, 5.41) is 7.47. The number of ether oxygens (including phenoxy) is 1. The number of rotatable bonds is 6. The zero-order valence-corrected chi connectivity index (χ0v) is 21.0. The van der Waals surface area contributed by atoms with E-state index in [9.17, 15) is 9.18 Å². The fourth-order valence-corrected chi connectivity index (χ4v) is 3.68. The molecule has 4 rings (SSSR count). The number of anilines is 1. The Kier molecular flexibility index (Phi) is 9.13. The fourth-order valence-electron chi connectivity index (χ4n) is 3.22. The van der Waals surface area contributed by atoms with Gasteiger partial charge in [-0.1, -0.05) is 43.1 Å². The minimum atomic E-state index is -0.674. The van der Waals surface area contributed by atoms with E-state index in [1.54, 1.807) is 42.5 Å². The first-order valence-corrected chi connectivity index (χ1v) is 11.6. The molecule has 0 aliphatic rings. The molecule has 3 aromatic carbocycles. The number of hydrazone groups is 1. The van der Waals surface area contributed by atoms with Crippen LogP contribution in [0.3, 0.4) is 0 Å². The molecule has 188 valence electrons. The maximum Gasteiger partial charge on any atom is 0.259 e. The zero-order valence-electron chi connectivity index (χ0n) is 19.4. The molecule has 36 heavy (non-hydrogen) atoms. The van der Waals surface area contributed by atoms with E-state index in [2.05, 4.69) is 15.8 Å². The van der Waals surface area contributed by atoms with Gasteiger partial charge in [0, 0.05) is 26.7 Å². The Bertz CT molecular complexity index is 1390. The molecule has 4 aromatic rings. The van der Waals surface area contributed by atoms with Crippen LogP contribution >= 0.6 is 23.2 Å². The number of amides is 1. The van der Waals surface area contributed by atoms with Crippen LogP contribution in [0.15, 0.2) is 70.4 Å². The second-order valence-electron chi connectivity index (χ2n) is 7.10. The van der Waals surface area contributed by atoms with Gasteiger partial charge in [0.1, 0.15) is 30.0 Å². The van der Waals surface area contributed by atoms with Gasteiger partial charge in [-0.3, -0.25) is 4.79 Å². The normalized spacial score (nSPS) is 11.0. The van der Waals surface area contributed by atoms with Crippen LogP contribution in [-0.4, -0.2) is 11.7 Å². The van der Waals surface area contributed by atoms with Gasteiger partial charge in [-0.05, 0) is 48.5 Å². The molecule has 0 saturated heterocycles. The second kappa shape index (κ2) is 12.3. The van der Waals surface area contributed by atoms with Crippen molar-refractivity contribution in [2.45, 2.75) is 20.5 Å². The van der Waals surface area contributed by atoms with Crippen LogP contribution in [0.25, 0.3) is 11.0 Å². The van der Waals surface area contributed by atoms with Gasteiger partial charge in [-0.2, -0.15) is 5.10 Å². The number of carbonyl (C=O) groups excluding carboxylic acids is 1. The standard InChI is InChI=1S/C23H18Cl2FN5O3.C2H6/c24-13-2-1-12(19(25)7-13)10-33-15-5-3-14(4-6-15)29-23(32)18-11-34-21-9-17(22(30-27)31-28)20(26)8-16(18)21;1-2/h1-9,11H,10,27-28H2,(H,29,32)(H,30,31);1-2H3. The number of nitrogens with two attached hydrogens (primary N) is 2. The van der Waals surface area contributed by atoms with Crippen LogP contribution in [-0.2, 0) is 6.61 Å². The van der Waals surface area contributed by atoms with Gasteiger partial charge in [0.05, 0.1) is 11.1 Å². The lowest BCUT2D eigenvalue weighted by atomic mass is 10.1. The Balaban J connectivity index is 0.00000176. The SMILES string of the molecule is CC.N/N=C(\NN)c1cc2occ(C(=O)Nc3ccc(OCc4ccc(Cl)cc4Cl)cc3)c2cc1F. The number of carbonyl (C=O) groups is 1. The van der Waals surface area contributed by atoms with Crippen LogP contribution in [0.1, 0.15) is 35.3 Å². The van der Waals surface area contributed by atoms with Gasteiger partial charge in [0.25, 0.3) is 5.91 Å². The summed E-state index contributed by atoms with van der Waals surface area (Å²) in [6.07, 6.45) is 1.24. The van der Waals surface area contributed by atoms with E-state index < -0.39 is 11.7 Å². The number of furan rings is 1. The molecule has 0 spiro atoms. The lowest BCUT2D eigenvalue weighted by molar-refractivity contribution is 0.102. The predicted octanol–water partition coefficient (Wildman–Crippen LogP) is 5.82. The van der Waals surface area contributed by atoms with Crippen LogP contribution in [0.2, 0.25) is 10.0 Å². The molecule has 0 aliphatic carbocycles. The van der Waals surface area contributed by atoms with E-state index in [-0.39, 0.29) is 34.5 Å². The molecule has 0 saturated carbocycles. The molecule has 11 heteroatoms. The molecular weight excluding hydrogens is 508 g/mol. The monoisotopic (exact) mass is 531 g/mol. The van der Waals surface area contributed by atoms with Crippen LogP contribution in [0, 0.1) is 5.82 Å². The summed E-state index contributed by atoms with van der Waals surface area (Å²) in [4.78, 5) is 12.8. The molecule has 0 bridgehead atoms. The number of nitrogens with zero attached hydrogens (tertiary/aromatic N) is 1. The van der Waals surface area contributed by atoms with Crippen molar-refractivity contribution in [3.05, 3.63) is 93.4 Å². The number of nitrogens with one attached hydrogen (secondary N) is 2. The topological polar surface area (TPSA) is 128 Å². The van der Waals surface area contributed by atoms with Crippen molar-refractivity contribution in [1.29, 1.82) is 0 Å². The Morgan fingerprint density at radius 1 is 1.08 bits per heavy atom. The van der Waals surface area contributed by atoms with Gasteiger partial charge in [-0.15, -0.1) is 0 Å². The average molecular weight is 532 g/mol. The van der Waals surface area contributed by atoms with Crippen molar-refractivity contribution in [1.82, 2.24) is 5.43 Å². The largest absolute Gasteiger partial charge is 0.489 e. The van der Waals surface area contributed by atoms with E-state index in [1.165, 1.54) is 12.3 Å². The van der Waals surface area contributed by atoms with Crippen LogP contribution < -0.4 is 27.2 Å². The highest BCUT2D eigenvalue weighted by molar-refractivity contribution is 6.35. The Morgan fingerprint density at radius 3 is 2.44 bits per heavy atom. The third kappa shape index (κ3) is 6.06. The van der Waals surface area contributed by atoms with E-state index in [0.717, 1.165) is 11.6 Å². The number of hydrazine groups is 1. The molecule has 0 aliphatic heterocycles. The smallest absolute Gasteiger partial charge is 0.259 e. The molecule has 8 nitrogen and oxygen atoms in total. The Hall–Kier alpha value is -3.79. The quantitative estimate of drug-likeness (QED) is 0.107. The molecule has 1 amide bonds. The summed E-state index contributed by atoms with van der Waals surface area (Å²) in [6.45, 7) is 4.26. The van der Waals surface area contributed by atoms with Crippen molar-refractivity contribution in [2.75, 3.05) is 5.32 Å². The summed E-state index contributed by atoms with van der Waals surface area (Å²) in [7, 11) is 0. The summed E-state index contributed by atoms with van der Waals surface area (Å²) < 4.78 is 25.7. The van der Waals surface area contributed by atoms with Crippen molar-refractivity contribution < 1.29 is 18.3 Å². The van der Waals surface area contributed by atoms with Crippen LogP contribution in [0.5, 0.6) is 5.75 Å². The van der Waals surface area contributed by atoms with Gasteiger partial charge >= 0.3 is 0 Å². The third-order valence-electron chi connectivity index (χ3n) is 4.95. The molecule has 0 fully saturated rings. The summed E-state index contributed by atoms with van der Waals surface area (Å²) >= 11 is 12.1. The number of amidine groups is 1. The molecule has 6 N–H and O–H groups in total. The number of benzene rings is 3. The first-order valence-electron chi connectivity index (χ1n) is 10.8. The lowest BCUT2D eigenvalue weighted by Gasteiger charge is -2.09. The minimum absolute atomic E-state index is 0.00860. The summed E-state index contributed by atoms with van der Waals surface area (Å²) in [5.41, 5.74) is 3.94. The van der Waals surface area contributed by atoms with Gasteiger partial charge in [0.15, 0.2) is 5.84 Å². The molecular formula is C25H24Cl2FN5O3. The first-order chi connectivity index (χ1) is 17.4. The molecule has 0 unspecified atom stereocenters. The number of halogens is 3. The molecule has 1 heterocycles. The molecule has 1 aromatic heterocycles. The number of hydrogen-bond acceptors (Lipinski definition) is 6. The fraction of sp³-hybridized carbons (Fsp3) is 0.120. The van der Waals surface area contributed by atoms with Crippen molar-refractivity contribution in [2.24, 2.45) is 16.8 Å². The average Bonchev–Trinajstić information content (AvgIpc) is 3.29. The van der Waals surface area contributed by atoms with E-state index >= 15 is 0 Å². The number of hydrogen-bond donors (Lipinski definition) is 4. The zero-order chi connectivity index (χ0) is 26.2. The Labute approximate surface area is 217 Å². The van der Waals surface area contributed by atoms with Crippen LogP contribution in [0.4, 0.5) is 10.1 Å². The lowest BCUT2D eigenvalue weighted by Crippen LogP contribution is -2.32. The highest BCUT2D eigenvalue weighted by Gasteiger charge is 2.19. The van der Waals surface area contributed by atoms with Crippen molar-refractivity contribution in [3.63, 3.8) is 0 Å². The third-order valence-corrected chi connectivity index (χ3v) is 5.54. The highest BCUT2D eigenvalue weighted by Crippen LogP contribution is 2.27. The first kappa shape index (κ1) is 26.8. The summed E-state index contributed by atoms with van der Waals surface area (Å²) in [5.74, 6) is 9.87. The highest BCUT2D eigenvalue weighted by atomic mass is 35.5. The van der Waals surface area contributed by atoms with Gasteiger partial charge < -0.3 is 25.7 Å². The van der Waals surface area contributed by atoms with Crippen molar-refractivity contribution in [3.8, 4) is 5.75 Å². The predicted molar refractivity (Wildman–Crippen MR) is 141 cm³/mol. The van der Waals surface area contributed by atoms with Gasteiger partial charge in [-0.25, -0.2) is 10.2 Å². The number of fused-ring (bicyclic) bond motifs is 1. The van der Waals surface area contributed by atoms with Gasteiger partial charge in [0.2, 0.25) is 0 Å². The minimum Gasteiger partial charge on any atom is -0.489 e. The molecule has 0 atom stereocenters.